The van der Waals surface area contributed by atoms with Gasteiger partial charge in [-0.1, -0.05) is 0 Å². The van der Waals surface area contributed by atoms with Crippen LogP contribution in [0.5, 0.6) is 0 Å². The lowest BCUT2D eigenvalue weighted by Gasteiger charge is -2.36. The summed E-state index contributed by atoms with van der Waals surface area (Å²) in [5.74, 6) is -3.08. The van der Waals surface area contributed by atoms with Crippen molar-refractivity contribution >= 4 is 5.91 Å². The average Bonchev–Trinajstić information content (AvgIpc) is 2.51. The third-order valence-electron chi connectivity index (χ3n) is 4.65. The lowest BCUT2D eigenvalue weighted by Crippen LogP contribution is -2.51. The summed E-state index contributed by atoms with van der Waals surface area (Å²) in [5.41, 5.74) is 0. The first kappa shape index (κ1) is 17.6. The summed E-state index contributed by atoms with van der Waals surface area (Å²) < 4.78 is 42.5. The Morgan fingerprint density at radius 1 is 1.23 bits per heavy atom. The molecular formula is C15H25F2NO4. The highest BCUT2D eigenvalue weighted by Gasteiger charge is 2.38. The topological polar surface area (TPSA) is 56.8 Å². The molecular weight excluding hydrogens is 296 g/mol. The van der Waals surface area contributed by atoms with Crippen LogP contribution >= 0.6 is 0 Å². The van der Waals surface area contributed by atoms with Crippen LogP contribution in [0.4, 0.5) is 8.78 Å². The number of carbonyl (C=O) groups excluding carboxylic acids is 1. The first-order valence-electron chi connectivity index (χ1n) is 7.75. The van der Waals surface area contributed by atoms with Gasteiger partial charge in [0.25, 0.3) is 0 Å². The predicted octanol–water partition coefficient (Wildman–Crippen LogP) is 1.60. The molecule has 0 aromatic heterocycles. The molecule has 1 aliphatic carbocycles. The van der Waals surface area contributed by atoms with Gasteiger partial charge in [-0.25, -0.2) is 8.78 Å². The van der Waals surface area contributed by atoms with Gasteiger partial charge in [0, 0.05) is 45.4 Å². The summed E-state index contributed by atoms with van der Waals surface area (Å²) in [6, 6.07) is 0. The smallest absolute Gasteiger partial charge is 0.248 e. The van der Waals surface area contributed by atoms with E-state index in [1.54, 1.807) is 14.2 Å². The molecule has 0 unspecified atom stereocenters. The first-order chi connectivity index (χ1) is 10.5. The van der Waals surface area contributed by atoms with Gasteiger partial charge >= 0.3 is 0 Å². The van der Waals surface area contributed by atoms with Gasteiger partial charge in [-0.15, -0.1) is 0 Å². The molecule has 0 radical (unpaired) electrons. The van der Waals surface area contributed by atoms with Crippen LogP contribution in [-0.2, 0) is 19.0 Å². The Morgan fingerprint density at radius 2 is 1.91 bits per heavy atom. The quantitative estimate of drug-likeness (QED) is 0.836. The highest BCUT2D eigenvalue weighted by molar-refractivity contribution is 5.78. The molecule has 1 N–H and O–H groups in total. The summed E-state index contributed by atoms with van der Waals surface area (Å²) in [4.78, 5) is 12.1. The van der Waals surface area contributed by atoms with E-state index >= 15 is 0 Å². The van der Waals surface area contributed by atoms with E-state index in [2.05, 4.69) is 5.32 Å². The third kappa shape index (κ3) is 4.36. The van der Waals surface area contributed by atoms with Gasteiger partial charge in [0.2, 0.25) is 11.8 Å². The molecule has 1 saturated heterocycles. The molecule has 5 nitrogen and oxygen atoms in total. The molecule has 1 aliphatic heterocycles. The molecule has 0 spiro atoms. The Hall–Kier alpha value is -0.790. The lowest BCUT2D eigenvalue weighted by atomic mass is 9.86. The molecule has 2 aliphatic rings. The van der Waals surface area contributed by atoms with Crippen molar-refractivity contribution in [1.82, 2.24) is 5.32 Å². The standard InChI is InChI=1S/C15H25F2NO4/c1-20-12-9-22-8-11(13(12)21-2)7-18-14(19)10-3-5-15(16,17)6-4-10/h10-13H,3-9H2,1-2H3,(H,18,19)/t11-,12-,13+/m1/s1. The van der Waals surface area contributed by atoms with Gasteiger partial charge in [-0.3, -0.25) is 4.79 Å². The van der Waals surface area contributed by atoms with Crippen LogP contribution in [0.3, 0.4) is 0 Å². The fourth-order valence-electron chi connectivity index (χ4n) is 3.23. The van der Waals surface area contributed by atoms with E-state index in [4.69, 9.17) is 14.2 Å². The summed E-state index contributed by atoms with van der Waals surface area (Å²) in [7, 11) is 3.21. The van der Waals surface area contributed by atoms with Crippen LogP contribution in [0.1, 0.15) is 25.7 Å². The minimum Gasteiger partial charge on any atom is -0.378 e. The van der Waals surface area contributed by atoms with Gasteiger partial charge in [0.1, 0.15) is 6.10 Å². The number of carbonyl (C=O) groups is 1. The molecule has 1 amide bonds. The number of methoxy groups -OCH3 is 2. The van der Waals surface area contributed by atoms with Crippen molar-refractivity contribution in [2.45, 2.75) is 43.8 Å². The van der Waals surface area contributed by atoms with Crippen LogP contribution in [-0.4, -0.2) is 58.0 Å². The molecule has 0 aromatic rings. The minimum atomic E-state index is -2.61. The van der Waals surface area contributed by atoms with E-state index in [1.807, 2.05) is 0 Å². The van der Waals surface area contributed by atoms with Crippen molar-refractivity contribution in [2.24, 2.45) is 11.8 Å². The monoisotopic (exact) mass is 321 g/mol. The van der Waals surface area contributed by atoms with E-state index in [0.29, 0.717) is 19.8 Å². The maximum absolute atomic E-state index is 13.1. The van der Waals surface area contributed by atoms with Crippen molar-refractivity contribution in [2.75, 3.05) is 34.0 Å². The zero-order valence-corrected chi connectivity index (χ0v) is 13.1. The van der Waals surface area contributed by atoms with Crippen LogP contribution in [0.25, 0.3) is 0 Å². The second-order valence-electron chi connectivity index (χ2n) is 6.15. The highest BCUT2D eigenvalue weighted by Crippen LogP contribution is 2.36. The van der Waals surface area contributed by atoms with Gasteiger partial charge < -0.3 is 19.5 Å². The first-order valence-corrected chi connectivity index (χ1v) is 7.75. The van der Waals surface area contributed by atoms with E-state index in [0.717, 1.165) is 0 Å². The Kier molecular flexibility index (Phi) is 6.11. The SMILES string of the molecule is CO[C@H]1[C@H](CNC(=O)C2CCC(F)(F)CC2)COC[C@H]1OC. The summed E-state index contributed by atoms with van der Waals surface area (Å²) in [6.07, 6.45) is -0.222. The Morgan fingerprint density at radius 3 is 2.50 bits per heavy atom. The Labute approximate surface area is 129 Å². The largest absolute Gasteiger partial charge is 0.378 e. The van der Waals surface area contributed by atoms with E-state index in [-0.39, 0.29) is 55.6 Å². The molecule has 7 heteroatoms. The molecule has 1 saturated carbocycles. The van der Waals surface area contributed by atoms with Gasteiger partial charge in [0.15, 0.2) is 0 Å². The molecule has 128 valence electrons. The number of hydrogen-bond acceptors (Lipinski definition) is 4. The Bertz CT molecular complexity index is 371. The van der Waals surface area contributed by atoms with Crippen LogP contribution in [0.2, 0.25) is 0 Å². The van der Waals surface area contributed by atoms with Crippen molar-refractivity contribution in [3.63, 3.8) is 0 Å². The number of ether oxygens (including phenoxy) is 3. The maximum atomic E-state index is 13.1. The van der Waals surface area contributed by atoms with Crippen LogP contribution in [0.15, 0.2) is 0 Å². The van der Waals surface area contributed by atoms with Crippen molar-refractivity contribution in [3.8, 4) is 0 Å². The van der Waals surface area contributed by atoms with E-state index in [9.17, 15) is 13.6 Å². The second-order valence-corrected chi connectivity index (χ2v) is 6.15. The Balaban J connectivity index is 1.80. The molecule has 1 heterocycles. The zero-order chi connectivity index (χ0) is 16.2. The number of alkyl halides is 2. The van der Waals surface area contributed by atoms with Crippen LogP contribution < -0.4 is 5.32 Å². The second kappa shape index (κ2) is 7.66. The van der Waals surface area contributed by atoms with Crippen molar-refractivity contribution < 1.29 is 27.8 Å². The molecule has 22 heavy (non-hydrogen) atoms. The van der Waals surface area contributed by atoms with E-state index in [1.165, 1.54) is 0 Å². The molecule has 2 rings (SSSR count). The summed E-state index contributed by atoms with van der Waals surface area (Å²) in [6.45, 7) is 1.36. The lowest BCUT2D eigenvalue weighted by molar-refractivity contribution is -0.148. The number of halogens is 2. The summed E-state index contributed by atoms with van der Waals surface area (Å²) >= 11 is 0. The van der Waals surface area contributed by atoms with Gasteiger partial charge in [-0.2, -0.15) is 0 Å². The summed E-state index contributed by atoms with van der Waals surface area (Å²) in [5, 5.41) is 2.86. The van der Waals surface area contributed by atoms with Crippen molar-refractivity contribution in [3.05, 3.63) is 0 Å². The van der Waals surface area contributed by atoms with Gasteiger partial charge in [-0.05, 0) is 12.8 Å². The molecule has 0 aromatic carbocycles. The van der Waals surface area contributed by atoms with Crippen molar-refractivity contribution in [1.29, 1.82) is 0 Å². The average molecular weight is 321 g/mol. The maximum Gasteiger partial charge on any atom is 0.248 e. The highest BCUT2D eigenvalue weighted by atomic mass is 19.3. The zero-order valence-electron chi connectivity index (χ0n) is 13.1. The van der Waals surface area contributed by atoms with E-state index < -0.39 is 5.92 Å². The minimum absolute atomic E-state index is 0.00215. The fourth-order valence-corrected chi connectivity index (χ4v) is 3.23. The van der Waals surface area contributed by atoms with Crippen LogP contribution in [0, 0.1) is 11.8 Å². The number of hydrogen-bond donors (Lipinski definition) is 1. The number of nitrogens with one attached hydrogen (secondary N) is 1. The normalized spacial score (nSPS) is 32.6. The predicted molar refractivity (Wildman–Crippen MR) is 75.8 cm³/mol. The number of amides is 1. The van der Waals surface area contributed by atoms with Gasteiger partial charge in [0.05, 0.1) is 19.3 Å². The molecule has 3 atom stereocenters. The molecule has 0 bridgehead atoms. The number of rotatable bonds is 5. The molecule has 2 fully saturated rings. The fraction of sp³-hybridized carbons (Fsp3) is 0.933. The third-order valence-corrected chi connectivity index (χ3v) is 4.65.